The summed E-state index contributed by atoms with van der Waals surface area (Å²) < 4.78 is 0. The third kappa shape index (κ3) is 3.98. The SMILES string of the molecule is CCN(CC)C(=O)C(C)NC1CCCSC1. The van der Waals surface area contributed by atoms with E-state index in [1.165, 1.54) is 18.6 Å². The van der Waals surface area contributed by atoms with Crippen LogP contribution < -0.4 is 5.32 Å². The van der Waals surface area contributed by atoms with E-state index in [-0.39, 0.29) is 11.9 Å². The summed E-state index contributed by atoms with van der Waals surface area (Å²) in [6.07, 6.45) is 2.48. The van der Waals surface area contributed by atoms with Crippen molar-refractivity contribution in [3.63, 3.8) is 0 Å². The zero-order valence-electron chi connectivity index (χ0n) is 10.7. The molecule has 94 valence electrons. The quantitative estimate of drug-likeness (QED) is 0.799. The predicted octanol–water partition coefficient (Wildman–Crippen LogP) is 1.73. The molecule has 0 aromatic rings. The van der Waals surface area contributed by atoms with E-state index in [9.17, 15) is 4.79 Å². The van der Waals surface area contributed by atoms with Crippen LogP contribution in [0.2, 0.25) is 0 Å². The fourth-order valence-corrected chi connectivity index (χ4v) is 3.19. The number of rotatable bonds is 5. The molecule has 1 saturated heterocycles. The Morgan fingerprint density at radius 2 is 2.19 bits per heavy atom. The Bertz CT molecular complexity index is 213. The number of thioether (sulfide) groups is 1. The van der Waals surface area contributed by atoms with E-state index in [0.29, 0.717) is 6.04 Å². The van der Waals surface area contributed by atoms with E-state index >= 15 is 0 Å². The number of hydrogen-bond acceptors (Lipinski definition) is 3. The highest BCUT2D eigenvalue weighted by Gasteiger charge is 2.22. The molecule has 1 fully saturated rings. The summed E-state index contributed by atoms with van der Waals surface area (Å²) in [5.74, 6) is 2.66. The first-order chi connectivity index (χ1) is 7.69. The molecule has 0 spiro atoms. The van der Waals surface area contributed by atoms with Crippen LogP contribution in [0.15, 0.2) is 0 Å². The molecule has 0 bridgehead atoms. The van der Waals surface area contributed by atoms with Gasteiger partial charge in [0.1, 0.15) is 0 Å². The maximum Gasteiger partial charge on any atom is 0.239 e. The molecule has 1 aliphatic rings. The molecule has 1 N–H and O–H groups in total. The van der Waals surface area contributed by atoms with Crippen LogP contribution in [0.5, 0.6) is 0 Å². The lowest BCUT2D eigenvalue weighted by Gasteiger charge is -2.29. The van der Waals surface area contributed by atoms with Gasteiger partial charge in [0.15, 0.2) is 0 Å². The molecular formula is C12H24N2OS. The summed E-state index contributed by atoms with van der Waals surface area (Å²) in [6.45, 7) is 7.66. The second-order valence-electron chi connectivity index (χ2n) is 4.31. The first-order valence-electron chi connectivity index (χ1n) is 6.31. The number of carbonyl (C=O) groups is 1. The maximum absolute atomic E-state index is 12.0. The van der Waals surface area contributed by atoms with Gasteiger partial charge in [-0.3, -0.25) is 4.79 Å². The maximum atomic E-state index is 12.0. The van der Waals surface area contributed by atoms with Crippen molar-refractivity contribution >= 4 is 17.7 Å². The highest BCUT2D eigenvalue weighted by molar-refractivity contribution is 7.99. The van der Waals surface area contributed by atoms with Gasteiger partial charge in [0.2, 0.25) is 5.91 Å². The summed E-state index contributed by atoms with van der Waals surface area (Å²) in [5.41, 5.74) is 0. The molecule has 4 heteroatoms. The van der Waals surface area contributed by atoms with Crippen LogP contribution >= 0.6 is 11.8 Å². The Balaban J connectivity index is 2.37. The highest BCUT2D eigenvalue weighted by atomic mass is 32.2. The lowest BCUT2D eigenvalue weighted by atomic mass is 10.1. The van der Waals surface area contributed by atoms with Crippen LogP contribution in [0.25, 0.3) is 0 Å². The summed E-state index contributed by atoms with van der Waals surface area (Å²) in [6, 6.07) is 0.483. The zero-order chi connectivity index (χ0) is 12.0. The molecule has 0 aromatic carbocycles. The number of nitrogens with one attached hydrogen (secondary N) is 1. The van der Waals surface area contributed by atoms with E-state index in [4.69, 9.17) is 0 Å². The van der Waals surface area contributed by atoms with Gasteiger partial charge >= 0.3 is 0 Å². The average molecular weight is 244 g/mol. The van der Waals surface area contributed by atoms with Gasteiger partial charge < -0.3 is 10.2 Å². The molecule has 2 atom stereocenters. The number of hydrogen-bond donors (Lipinski definition) is 1. The Kier molecular flexibility index (Phi) is 6.21. The minimum Gasteiger partial charge on any atom is -0.342 e. The van der Waals surface area contributed by atoms with Crippen molar-refractivity contribution in [2.45, 2.75) is 45.7 Å². The minimum absolute atomic E-state index is 0.0383. The van der Waals surface area contributed by atoms with E-state index < -0.39 is 0 Å². The molecule has 16 heavy (non-hydrogen) atoms. The third-order valence-electron chi connectivity index (χ3n) is 3.09. The van der Waals surface area contributed by atoms with Gasteiger partial charge in [0.05, 0.1) is 6.04 Å². The van der Waals surface area contributed by atoms with Crippen molar-refractivity contribution < 1.29 is 4.79 Å². The number of carbonyl (C=O) groups excluding carboxylic acids is 1. The number of amides is 1. The lowest BCUT2D eigenvalue weighted by Crippen LogP contribution is -2.49. The Labute approximate surface area is 103 Å². The molecule has 0 radical (unpaired) electrons. The van der Waals surface area contributed by atoms with Gasteiger partial charge in [0.25, 0.3) is 0 Å². The van der Waals surface area contributed by atoms with Crippen molar-refractivity contribution in [3.05, 3.63) is 0 Å². The molecule has 1 rings (SSSR count). The van der Waals surface area contributed by atoms with E-state index in [0.717, 1.165) is 18.8 Å². The van der Waals surface area contributed by atoms with Crippen LogP contribution in [-0.2, 0) is 4.79 Å². The molecule has 0 saturated carbocycles. The predicted molar refractivity (Wildman–Crippen MR) is 70.9 cm³/mol. The van der Waals surface area contributed by atoms with Crippen molar-refractivity contribution in [2.24, 2.45) is 0 Å². The molecule has 0 aromatic heterocycles. The number of likely N-dealkylation sites (N-methyl/N-ethyl adjacent to an activating group) is 1. The Morgan fingerprint density at radius 3 is 2.69 bits per heavy atom. The van der Waals surface area contributed by atoms with Crippen molar-refractivity contribution in [3.8, 4) is 0 Å². The topological polar surface area (TPSA) is 32.3 Å². The van der Waals surface area contributed by atoms with Gasteiger partial charge in [-0.2, -0.15) is 11.8 Å². The highest BCUT2D eigenvalue weighted by Crippen LogP contribution is 2.17. The largest absolute Gasteiger partial charge is 0.342 e. The zero-order valence-corrected chi connectivity index (χ0v) is 11.5. The number of nitrogens with zero attached hydrogens (tertiary/aromatic N) is 1. The normalized spacial score (nSPS) is 22.8. The molecular weight excluding hydrogens is 220 g/mol. The van der Waals surface area contributed by atoms with Gasteiger partial charge in [-0.15, -0.1) is 0 Å². The molecule has 1 amide bonds. The van der Waals surface area contributed by atoms with Crippen molar-refractivity contribution in [1.29, 1.82) is 0 Å². The Morgan fingerprint density at radius 1 is 1.50 bits per heavy atom. The molecule has 3 nitrogen and oxygen atoms in total. The Hall–Kier alpha value is -0.220. The summed E-state index contributed by atoms with van der Waals surface area (Å²) in [4.78, 5) is 13.9. The van der Waals surface area contributed by atoms with Gasteiger partial charge in [-0.25, -0.2) is 0 Å². The molecule has 1 heterocycles. The first kappa shape index (κ1) is 13.8. The van der Waals surface area contributed by atoms with Gasteiger partial charge in [-0.05, 0) is 39.4 Å². The van der Waals surface area contributed by atoms with E-state index in [2.05, 4.69) is 5.32 Å². The average Bonchev–Trinajstić information content (AvgIpc) is 2.31. The molecule has 1 aliphatic heterocycles. The van der Waals surface area contributed by atoms with Gasteiger partial charge in [0, 0.05) is 24.9 Å². The minimum atomic E-state index is -0.0383. The molecule has 2 unspecified atom stereocenters. The smallest absolute Gasteiger partial charge is 0.239 e. The van der Waals surface area contributed by atoms with Gasteiger partial charge in [-0.1, -0.05) is 0 Å². The third-order valence-corrected chi connectivity index (χ3v) is 4.31. The monoisotopic (exact) mass is 244 g/mol. The van der Waals surface area contributed by atoms with E-state index in [1.54, 1.807) is 0 Å². The van der Waals surface area contributed by atoms with Crippen molar-refractivity contribution in [1.82, 2.24) is 10.2 Å². The first-order valence-corrected chi connectivity index (χ1v) is 7.47. The summed E-state index contributed by atoms with van der Waals surface area (Å²) in [5, 5.41) is 3.46. The second kappa shape index (κ2) is 7.17. The second-order valence-corrected chi connectivity index (χ2v) is 5.46. The van der Waals surface area contributed by atoms with Crippen LogP contribution in [0.4, 0.5) is 0 Å². The fourth-order valence-electron chi connectivity index (χ4n) is 2.11. The molecule has 0 aliphatic carbocycles. The van der Waals surface area contributed by atoms with Crippen LogP contribution in [0, 0.1) is 0 Å². The lowest BCUT2D eigenvalue weighted by molar-refractivity contribution is -0.132. The summed E-state index contributed by atoms with van der Waals surface area (Å²) >= 11 is 1.99. The van der Waals surface area contributed by atoms with Crippen molar-refractivity contribution in [2.75, 3.05) is 24.6 Å². The van der Waals surface area contributed by atoms with Crippen LogP contribution in [0.1, 0.15) is 33.6 Å². The van der Waals surface area contributed by atoms with Crippen LogP contribution in [-0.4, -0.2) is 47.5 Å². The fraction of sp³-hybridized carbons (Fsp3) is 0.917. The van der Waals surface area contributed by atoms with E-state index in [1.807, 2.05) is 37.4 Å². The standard InChI is InChI=1S/C12H24N2OS/c1-4-14(5-2)12(15)10(3)13-11-7-6-8-16-9-11/h10-11,13H,4-9H2,1-3H3. The summed E-state index contributed by atoms with van der Waals surface area (Å²) in [7, 11) is 0. The van der Waals surface area contributed by atoms with Crippen LogP contribution in [0.3, 0.4) is 0 Å².